The SMILES string of the molecule is Cc1c(N)cnn1CC1CCCS1. The quantitative estimate of drug-likeness (QED) is 0.784. The monoisotopic (exact) mass is 197 g/mol. The van der Waals surface area contributed by atoms with Crippen molar-refractivity contribution in [2.45, 2.75) is 31.6 Å². The molecule has 3 nitrogen and oxygen atoms in total. The molecule has 2 rings (SSSR count). The van der Waals surface area contributed by atoms with Crippen molar-refractivity contribution in [1.82, 2.24) is 9.78 Å². The van der Waals surface area contributed by atoms with E-state index in [0.717, 1.165) is 23.2 Å². The third-order valence-electron chi connectivity index (χ3n) is 2.54. The third kappa shape index (κ3) is 1.82. The van der Waals surface area contributed by atoms with Gasteiger partial charge in [-0.05, 0) is 25.5 Å². The first-order chi connectivity index (χ1) is 6.27. The number of thioether (sulfide) groups is 1. The van der Waals surface area contributed by atoms with E-state index in [-0.39, 0.29) is 0 Å². The van der Waals surface area contributed by atoms with Crippen LogP contribution in [0.15, 0.2) is 6.20 Å². The molecule has 1 aliphatic rings. The van der Waals surface area contributed by atoms with Gasteiger partial charge in [-0.15, -0.1) is 0 Å². The molecule has 0 aliphatic carbocycles. The van der Waals surface area contributed by atoms with Gasteiger partial charge in [-0.1, -0.05) is 0 Å². The number of aromatic nitrogens is 2. The van der Waals surface area contributed by atoms with Crippen LogP contribution in [0.4, 0.5) is 5.69 Å². The van der Waals surface area contributed by atoms with E-state index in [1.54, 1.807) is 6.20 Å². The second-order valence-electron chi connectivity index (χ2n) is 3.50. The van der Waals surface area contributed by atoms with E-state index in [0.29, 0.717) is 0 Å². The zero-order valence-electron chi connectivity index (χ0n) is 7.86. The first-order valence-electron chi connectivity index (χ1n) is 4.67. The molecule has 0 aromatic carbocycles. The fourth-order valence-corrected chi connectivity index (χ4v) is 2.87. The van der Waals surface area contributed by atoms with Crippen LogP contribution in [-0.4, -0.2) is 20.8 Å². The van der Waals surface area contributed by atoms with Gasteiger partial charge in [0.1, 0.15) is 0 Å². The highest BCUT2D eigenvalue weighted by Gasteiger charge is 2.17. The average molecular weight is 197 g/mol. The molecule has 1 saturated heterocycles. The molecule has 13 heavy (non-hydrogen) atoms. The Hall–Kier alpha value is -0.640. The van der Waals surface area contributed by atoms with Crippen LogP contribution in [0.5, 0.6) is 0 Å². The summed E-state index contributed by atoms with van der Waals surface area (Å²) >= 11 is 2.05. The first kappa shape index (κ1) is 8.94. The molecular weight excluding hydrogens is 182 g/mol. The minimum absolute atomic E-state index is 0.748. The summed E-state index contributed by atoms with van der Waals surface area (Å²) < 4.78 is 2.03. The lowest BCUT2D eigenvalue weighted by Crippen LogP contribution is -2.12. The number of nitrogens with zero attached hydrogens (tertiary/aromatic N) is 2. The van der Waals surface area contributed by atoms with Crippen LogP contribution in [0, 0.1) is 6.92 Å². The normalized spacial score (nSPS) is 22.4. The summed E-state index contributed by atoms with van der Waals surface area (Å²) in [5.41, 5.74) is 7.64. The van der Waals surface area contributed by atoms with Gasteiger partial charge in [0.2, 0.25) is 0 Å². The molecule has 1 aromatic heterocycles. The highest BCUT2D eigenvalue weighted by molar-refractivity contribution is 8.00. The molecule has 1 atom stereocenters. The van der Waals surface area contributed by atoms with E-state index in [9.17, 15) is 0 Å². The minimum atomic E-state index is 0.748. The van der Waals surface area contributed by atoms with E-state index in [2.05, 4.69) is 16.9 Å². The summed E-state index contributed by atoms with van der Waals surface area (Å²) in [6, 6.07) is 0. The number of hydrogen-bond donors (Lipinski definition) is 1. The van der Waals surface area contributed by atoms with Gasteiger partial charge in [-0.3, -0.25) is 4.68 Å². The Labute approximate surface area is 82.7 Å². The molecular formula is C9H15N3S. The number of anilines is 1. The molecule has 1 aromatic rings. The largest absolute Gasteiger partial charge is 0.396 e. The smallest absolute Gasteiger partial charge is 0.0730 e. The topological polar surface area (TPSA) is 43.8 Å². The van der Waals surface area contributed by atoms with Crippen molar-refractivity contribution in [3.63, 3.8) is 0 Å². The zero-order valence-corrected chi connectivity index (χ0v) is 8.68. The number of nitrogens with two attached hydrogens (primary N) is 1. The average Bonchev–Trinajstić information content (AvgIpc) is 2.71. The highest BCUT2D eigenvalue weighted by atomic mass is 32.2. The van der Waals surface area contributed by atoms with E-state index < -0.39 is 0 Å². The predicted molar refractivity (Wildman–Crippen MR) is 56.9 cm³/mol. The van der Waals surface area contributed by atoms with Crippen LogP contribution in [0.3, 0.4) is 0 Å². The standard InChI is InChI=1S/C9H15N3S/c1-7-9(10)5-11-12(7)6-8-3-2-4-13-8/h5,8H,2-4,6,10H2,1H3. The highest BCUT2D eigenvalue weighted by Crippen LogP contribution is 2.27. The van der Waals surface area contributed by atoms with Gasteiger partial charge >= 0.3 is 0 Å². The van der Waals surface area contributed by atoms with Gasteiger partial charge in [0.05, 0.1) is 24.1 Å². The molecule has 2 N–H and O–H groups in total. The fraction of sp³-hybridized carbons (Fsp3) is 0.667. The van der Waals surface area contributed by atoms with Gasteiger partial charge in [0, 0.05) is 5.25 Å². The number of nitrogen functional groups attached to an aromatic ring is 1. The molecule has 1 unspecified atom stereocenters. The van der Waals surface area contributed by atoms with Crippen LogP contribution < -0.4 is 5.73 Å². The summed E-state index contributed by atoms with van der Waals surface area (Å²) in [6.45, 7) is 3.05. The zero-order chi connectivity index (χ0) is 9.26. The van der Waals surface area contributed by atoms with Crippen molar-refractivity contribution in [2.75, 3.05) is 11.5 Å². The molecule has 0 spiro atoms. The maximum atomic E-state index is 5.72. The molecule has 1 fully saturated rings. The van der Waals surface area contributed by atoms with Crippen LogP contribution in [-0.2, 0) is 6.54 Å². The molecule has 1 aliphatic heterocycles. The van der Waals surface area contributed by atoms with Crippen molar-refractivity contribution in [2.24, 2.45) is 0 Å². The Morgan fingerprint density at radius 3 is 3.15 bits per heavy atom. The Balaban J connectivity index is 2.04. The summed E-state index contributed by atoms with van der Waals surface area (Å²) in [4.78, 5) is 0. The van der Waals surface area contributed by atoms with Crippen molar-refractivity contribution in [1.29, 1.82) is 0 Å². The second kappa shape index (κ2) is 3.62. The van der Waals surface area contributed by atoms with Gasteiger partial charge in [0.15, 0.2) is 0 Å². The minimum Gasteiger partial charge on any atom is -0.396 e. The Morgan fingerprint density at radius 1 is 1.77 bits per heavy atom. The van der Waals surface area contributed by atoms with Gasteiger partial charge in [0.25, 0.3) is 0 Å². The Kier molecular flexibility index (Phi) is 2.49. The fourth-order valence-electron chi connectivity index (χ4n) is 1.63. The maximum absolute atomic E-state index is 5.72. The summed E-state index contributed by atoms with van der Waals surface area (Å²) in [5.74, 6) is 1.31. The maximum Gasteiger partial charge on any atom is 0.0730 e. The van der Waals surface area contributed by atoms with Crippen LogP contribution in [0.25, 0.3) is 0 Å². The van der Waals surface area contributed by atoms with E-state index in [1.165, 1.54) is 18.6 Å². The van der Waals surface area contributed by atoms with Gasteiger partial charge < -0.3 is 5.73 Å². The van der Waals surface area contributed by atoms with Crippen LogP contribution in [0.2, 0.25) is 0 Å². The lowest BCUT2D eigenvalue weighted by atomic mass is 10.2. The lowest BCUT2D eigenvalue weighted by Gasteiger charge is -2.09. The van der Waals surface area contributed by atoms with Crippen LogP contribution >= 0.6 is 11.8 Å². The number of hydrogen-bond acceptors (Lipinski definition) is 3. The molecule has 72 valence electrons. The van der Waals surface area contributed by atoms with Gasteiger partial charge in [-0.2, -0.15) is 16.9 Å². The van der Waals surface area contributed by atoms with Crippen molar-refractivity contribution in [3.05, 3.63) is 11.9 Å². The van der Waals surface area contributed by atoms with Gasteiger partial charge in [-0.25, -0.2) is 0 Å². The molecule has 0 bridgehead atoms. The number of rotatable bonds is 2. The summed E-state index contributed by atoms with van der Waals surface area (Å²) in [5, 5.41) is 5.01. The van der Waals surface area contributed by atoms with Crippen molar-refractivity contribution in [3.8, 4) is 0 Å². The van der Waals surface area contributed by atoms with Crippen molar-refractivity contribution < 1.29 is 0 Å². The van der Waals surface area contributed by atoms with Crippen molar-refractivity contribution >= 4 is 17.4 Å². The summed E-state index contributed by atoms with van der Waals surface area (Å²) in [7, 11) is 0. The van der Waals surface area contributed by atoms with Crippen LogP contribution in [0.1, 0.15) is 18.5 Å². The molecule has 2 heterocycles. The lowest BCUT2D eigenvalue weighted by molar-refractivity contribution is 0.567. The molecule has 4 heteroatoms. The van der Waals surface area contributed by atoms with E-state index in [4.69, 9.17) is 5.73 Å². The Bertz CT molecular complexity index is 289. The summed E-state index contributed by atoms with van der Waals surface area (Å²) in [6.07, 6.45) is 4.42. The molecule has 0 saturated carbocycles. The van der Waals surface area contributed by atoms with E-state index in [1.807, 2.05) is 11.6 Å². The predicted octanol–water partition coefficient (Wildman–Crippen LogP) is 1.67. The molecule has 0 radical (unpaired) electrons. The molecule has 0 amide bonds. The Morgan fingerprint density at radius 2 is 2.62 bits per heavy atom. The second-order valence-corrected chi connectivity index (χ2v) is 4.91. The van der Waals surface area contributed by atoms with E-state index >= 15 is 0 Å². The third-order valence-corrected chi connectivity index (χ3v) is 3.92. The first-order valence-corrected chi connectivity index (χ1v) is 5.72.